The van der Waals surface area contributed by atoms with Crippen LogP contribution in [0.25, 0.3) is 11.4 Å². The van der Waals surface area contributed by atoms with Crippen LogP contribution in [0.5, 0.6) is 5.75 Å². The Balaban J connectivity index is 1.31. The van der Waals surface area contributed by atoms with E-state index in [2.05, 4.69) is 20.6 Å². The van der Waals surface area contributed by atoms with Crippen molar-refractivity contribution in [3.05, 3.63) is 36.5 Å². The molecule has 0 bridgehead atoms. The zero-order valence-electron chi connectivity index (χ0n) is 15.9. The summed E-state index contributed by atoms with van der Waals surface area (Å²) in [6.45, 7) is 1.90. The van der Waals surface area contributed by atoms with Crippen molar-refractivity contribution in [3.8, 4) is 17.1 Å². The number of carbonyl (C=O) groups excluding carboxylic acids is 1. The molecule has 0 unspecified atom stereocenters. The van der Waals surface area contributed by atoms with Crippen LogP contribution in [0.1, 0.15) is 39.0 Å². The van der Waals surface area contributed by atoms with Crippen molar-refractivity contribution in [2.75, 3.05) is 12.4 Å². The van der Waals surface area contributed by atoms with Gasteiger partial charge in [0.15, 0.2) is 5.82 Å². The molecule has 6 nitrogen and oxygen atoms in total. The number of amides is 1. The molecule has 1 aromatic heterocycles. The first-order chi connectivity index (χ1) is 13.1. The summed E-state index contributed by atoms with van der Waals surface area (Å²) >= 11 is 0. The molecule has 0 aliphatic heterocycles. The number of nitrogens with one attached hydrogen (secondary N) is 2. The van der Waals surface area contributed by atoms with Crippen molar-refractivity contribution in [3.63, 3.8) is 0 Å². The van der Waals surface area contributed by atoms with E-state index in [1.807, 2.05) is 37.3 Å². The fourth-order valence-electron chi connectivity index (χ4n) is 4.37. The molecular formula is C21H26N4O2. The maximum atomic E-state index is 11.5. The Labute approximate surface area is 159 Å². The summed E-state index contributed by atoms with van der Waals surface area (Å²) in [5, 5.41) is 6.64. The molecular weight excluding hydrogens is 340 g/mol. The van der Waals surface area contributed by atoms with Gasteiger partial charge in [-0.1, -0.05) is 6.92 Å². The summed E-state index contributed by atoms with van der Waals surface area (Å²) in [5.41, 5.74) is 1.40. The number of methoxy groups -OCH3 is 1. The normalized spacial score (nSPS) is 26.0. The van der Waals surface area contributed by atoms with Gasteiger partial charge < -0.3 is 15.4 Å². The Morgan fingerprint density at radius 3 is 2.52 bits per heavy atom. The Hall–Kier alpha value is -2.63. The predicted octanol–water partition coefficient (Wildman–Crippen LogP) is 3.40. The third-order valence-corrected chi connectivity index (χ3v) is 5.76. The van der Waals surface area contributed by atoms with Crippen LogP contribution in [0, 0.1) is 5.41 Å². The summed E-state index contributed by atoms with van der Waals surface area (Å²) in [7, 11) is 1.66. The summed E-state index contributed by atoms with van der Waals surface area (Å²) in [6, 6.07) is 10.5. The van der Waals surface area contributed by atoms with E-state index in [-0.39, 0.29) is 5.91 Å². The minimum atomic E-state index is 0.163. The maximum Gasteiger partial charge on any atom is 0.219 e. The van der Waals surface area contributed by atoms with Crippen molar-refractivity contribution >= 4 is 11.7 Å². The molecule has 2 saturated carbocycles. The predicted molar refractivity (Wildman–Crippen MR) is 105 cm³/mol. The van der Waals surface area contributed by atoms with Gasteiger partial charge in [-0.15, -0.1) is 0 Å². The Morgan fingerprint density at radius 1 is 1.15 bits per heavy atom. The van der Waals surface area contributed by atoms with E-state index in [0.717, 1.165) is 42.8 Å². The smallest absolute Gasteiger partial charge is 0.219 e. The molecule has 2 aliphatic carbocycles. The van der Waals surface area contributed by atoms with Gasteiger partial charge in [0.25, 0.3) is 0 Å². The summed E-state index contributed by atoms with van der Waals surface area (Å²) in [5.74, 6) is 2.56. The van der Waals surface area contributed by atoms with Crippen molar-refractivity contribution in [2.24, 2.45) is 5.41 Å². The Bertz CT molecular complexity index is 807. The van der Waals surface area contributed by atoms with Gasteiger partial charge in [0.05, 0.1) is 7.11 Å². The first kappa shape index (κ1) is 17.8. The number of nitrogens with zero attached hydrogens (tertiary/aromatic N) is 2. The average Bonchev–Trinajstić information content (AvgIpc) is 2.64. The van der Waals surface area contributed by atoms with Gasteiger partial charge in [0, 0.05) is 30.3 Å². The minimum absolute atomic E-state index is 0.163. The van der Waals surface area contributed by atoms with Crippen molar-refractivity contribution < 1.29 is 9.53 Å². The first-order valence-electron chi connectivity index (χ1n) is 9.62. The molecule has 0 atom stereocenters. The third kappa shape index (κ3) is 3.75. The van der Waals surface area contributed by atoms with Crippen LogP contribution in [0.15, 0.2) is 36.5 Å². The fourth-order valence-corrected chi connectivity index (χ4v) is 4.37. The lowest BCUT2D eigenvalue weighted by molar-refractivity contribution is -0.124. The molecule has 1 aromatic carbocycles. The summed E-state index contributed by atoms with van der Waals surface area (Å²) < 4.78 is 5.20. The van der Waals surface area contributed by atoms with E-state index in [0.29, 0.717) is 29.7 Å². The Kier molecular flexibility index (Phi) is 4.72. The molecule has 142 valence electrons. The van der Waals surface area contributed by atoms with Crippen LogP contribution in [-0.2, 0) is 4.79 Å². The van der Waals surface area contributed by atoms with Gasteiger partial charge in [0.2, 0.25) is 5.91 Å². The number of benzene rings is 1. The van der Waals surface area contributed by atoms with Crippen LogP contribution in [0.3, 0.4) is 0 Å². The van der Waals surface area contributed by atoms with Crippen molar-refractivity contribution in [1.82, 2.24) is 15.3 Å². The highest BCUT2D eigenvalue weighted by Gasteiger charge is 2.53. The van der Waals surface area contributed by atoms with Gasteiger partial charge in [-0.2, -0.15) is 0 Å². The lowest BCUT2D eigenvalue weighted by Gasteiger charge is -2.58. The number of rotatable bonds is 6. The highest BCUT2D eigenvalue weighted by Crippen LogP contribution is 2.56. The lowest BCUT2D eigenvalue weighted by Crippen LogP contribution is -2.59. The second kappa shape index (κ2) is 7.18. The van der Waals surface area contributed by atoms with Crippen LogP contribution in [0.2, 0.25) is 0 Å². The molecule has 0 radical (unpaired) electrons. The van der Waals surface area contributed by atoms with Gasteiger partial charge in [0.1, 0.15) is 11.6 Å². The van der Waals surface area contributed by atoms with Crippen molar-refractivity contribution in [2.45, 2.75) is 51.1 Å². The fraction of sp³-hybridized carbons (Fsp3) is 0.476. The molecule has 4 rings (SSSR count). The van der Waals surface area contributed by atoms with E-state index >= 15 is 0 Å². The van der Waals surface area contributed by atoms with Crippen LogP contribution >= 0.6 is 0 Å². The molecule has 1 spiro atoms. The van der Waals surface area contributed by atoms with E-state index in [9.17, 15) is 4.79 Å². The molecule has 2 aromatic rings. The van der Waals surface area contributed by atoms with Crippen LogP contribution < -0.4 is 15.4 Å². The monoisotopic (exact) mass is 366 g/mol. The minimum Gasteiger partial charge on any atom is -0.497 e. The third-order valence-electron chi connectivity index (χ3n) is 5.76. The first-order valence-corrected chi connectivity index (χ1v) is 9.62. The molecule has 27 heavy (non-hydrogen) atoms. The second-order valence-electron chi connectivity index (χ2n) is 7.77. The number of ether oxygens (including phenoxy) is 1. The second-order valence-corrected chi connectivity index (χ2v) is 7.77. The zero-order chi connectivity index (χ0) is 18.9. The molecule has 2 fully saturated rings. The molecule has 2 aliphatic rings. The lowest BCUT2D eigenvalue weighted by atomic mass is 9.52. The van der Waals surface area contributed by atoms with Crippen molar-refractivity contribution in [1.29, 1.82) is 0 Å². The number of aromatic nitrogens is 2. The van der Waals surface area contributed by atoms with E-state index < -0.39 is 0 Å². The number of anilines is 1. The number of carbonyl (C=O) groups is 1. The van der Waals surface area contributed by atoms with Crippen LogP contribution in [0.4, 0.5) is 5.82 Å². The highest BCUT2D eigenvalue weighted by molar-refractivity contribution is 5.76. The van der Waals surface area contributed by atoms with E-state index in [1.54, 1.807) is 13.3 Å². The van der Waals surface area contributed by atoms with Gasteiger partial charge in [-0.3, -0.25) is 4.79 Å². The zero-order valence-corrected chi connectivity index (χ0v) is 15.9. The molecule has 6 heteroatoms. The highest BCUT2D eigenvalue weighted by atomic mass is 16.5. The Morgan fingerprint density at radius 2 is 1.85 bits per heavy atom. The summed E-state index contributed by atoms with van der Waals surface area (Å²) in [6.07, 6.45) is 6.87. The molecule has 2 N–H and O–H groups in total. The summed E-state index contributed by atoms with van der Waals surface area (Å²) in [4.78, 5) is 20.5. The van der Waals surface area contributed by atoms with Gasteiger partial charge in [-0.05, 0) is 61.4 Å². The number of hydrogen-bond donors (Lipinski definition) is 2. The maximum absolute atomic E-state index is 11.5. The topological polar surface area (TPSA) is 76.1 Å². The van der Waals surface area contributed by atoms with Gasteiger partial charge >= 0.3 is 0 Å². The van der Waals surface area contributed by atoms with Crippen LogP contribution in [-0.4, -0.2) is 35.1 Å². The SMILES string of the molecule is CCC(=O)NC1CC2(C1)CC(Nc1ccnc(-c3ccc(OC)cc3)n1)C2. The standard InChI is InChI=1S/C21H26N4O2/c1-3-19(26)24-16-12-21(13-16)10-15(11-21)23-18-8-9-22-20(25-18)14-4-6-17(27-2)7-5-14/h4-9,15-16H,3,10-13H2,1-2H3,(H,24,26)(H,22,23,25). The molecule has 1 heterocycles. The molecule has 1 amide bonds. The van der Waals surface area contributed by atoms with E-state index in [4.69, 9.17) is 4.74 Å². The number of hydrogen-bond acceptors (Lipinski definition) is 5. The van der Waals surface area contributed by atoms with Gasteiger partial charge in [-0.25, -0.2) is 9.97 Å². The quantitative estimate of drug-likeness (QED) is 0.819. The average molecular weight is 366 g/mol. The molecule has 0 saturated heterocycles. The largest absolute Gasteiger partial charge is 0.497 e. The van der Waals surface area contributed by atoms with E-state index in [1.165, 1.54) is 0 Å².